The van der Waals surface area contributed by atoms with E-state index in [1.54, 1.807) is 7.11 Å². The number of nitrogens with one attached hydrogen (secondary N) is 1. The predicted octanol–water partition coefficient (Wildman–Crippen LogP) is 2.19. The van der Waals surface area contributed by atoms with Crippen molar-refractivity contribution in [3.63, 3.8) is 0 Å². The number of benzene rings is 1. The molecule has 0 radical (unpaired) electrons. The van der Waals surface area contributed by atoms with Gasteiger partial charge in [-0.05, 0) is 31.7 Å². The maximum Gasteiger partial charge on any atom is 0.123 e. The van der Waals surface area contributed by atoms with Crippen LogP contribution < -0.4 is 10.1 Å². The molecule has 1 atom stereocenters. The van der Waals surface area contributed by atoms with Crippen LogP contribution in [0.4, 0.5) is 0 Å². The molecule has 1 aromatic carbocycles. The van der Waals surface area contributed by atoms with Gasteiger partial charge in [0.1, 0.15) is 5.75 Å². The standard InChI is InChI=1S/C16H24N2O/c1-12-3-6-16(19-2)14(9-12)10-18-8-7-17-15(11-18)13-4-5-13/h3,6,9,13,15,17H,4-5,7-8,10-11H2,1-2H3. The van der Waals surface area contributed by atoms with Crippen LogP contribution in [0.15, 0.2) is 18.2 Å². The van der Waals surface area contributed by atoms with E-state index in [0.717, 1.165) is 31.3 Å². The van der Waals surface area contributed by atoms with Crippen molar-refractivity contribution in [3.05, 3.63) is 29.3 Å². The van der Waals surface area contributed by atoms with Crippen LogP contribution in [0.1, 0.15) is 24.0 Å². The highest BCUT2D eigenvalue weighted by molar-refractivity contribution is 5.36. The maximum atomic E-state index is 5.49. The maximum absolute atomic E-state index is 5.49. The van der Waals surface area contributed by atoms with E-state index >= 15 is 0 Å². The molecule has 2 fully saturated rings. The lowest BCUT2D eigenvalue weighted by Crippen LogP contribution is -2.51. The molecule has 0 aromatic heterocycles. The average molecular weight is 260 g/mol. The Morgan fingerprint density at radius 2 is 2.21 bits per heavy atom. The molecule has 3 rings (SSSR count). The molecule has 2 aliphatic rings. The fourth-order valence-corrected chi connectivity index (χ4v) is 3.07. The lowest BCUT2D eigenvalue weighted by Gasteiger charge is -2.34. The number of nitrogens with zero attached hydrogens (tertiary/aromatic N) is 1. The van der Waals surface area contributed by atoms with E-state index < -0.39 is 0 Å². The molecular formula is C16H24N2O. The number of methoxy groups -OCH3 is 1. The second-order valence-electron chi connectivity index (χ2n) is 5.95. The molecule has 0 bridgehead atoms. The fourth-order valence-electron chi connectivity index (χ4n) is 3.07. The first-order valence-corrected chi connectivity index (χ1v) is 7.35. The summed E-state index contributed by atoms with van der Waals surface area (Å²) in [7, 11) is 1.76. The highest BCUT2D eigenvalue weighted by Gasteiger charge is 2.33. The molecule has 1 unspecified atom stereocenters. The lowest BCUT2D eigenvalue weighted by atomic mass is 10.1. The Hall–Kier alpha value is -1.06. The quantitative estimate of drug-likeness (QED) is 0.898. The van der Waals surface area contributed by atoms with Gasteiger partial charge in [0.25, 0.3) is 0 Å². The van der Waals surface area contributed by atoms with E-state index in [2.05, 4.69) is 35.3 Å². The van der Waals surface area contributed by atoms with Crippen LogP contribution in [0, 0.1) is 12.8 Å². The summed E-state index contributed by atoms with van der Waals surface area (Å²) in [4.78, 5) is 2.57. The van der Waals surface area contributed by atoms with Gasteiger partial charge in [-0.3, -0.25) is 4.90 Å². The first-order chi connectivity index (χ1) is 9.26. The van der Waals surface area contributed by atoms with Crippen LogP contribution in [0.5, 0.6) is 5.75 Å². The summed E-state index contributed by atoms with van der Waals surface area (Å²) in [6, 6.07) is 7.18. The first-order valence-electron chi connectivity index (χ1n) is 7.35. The molecule has 1 heterocycles. The Balaban J connectivity index is 1.68. The molecule has 1 aliphatic carbocycles. The predicted molar refractivity (Wildman–Crippen MR) is 77.5 cm³/mol. The van der Waals surface area contributed by atoms with E-state index in [0.29, 0.717) is 6.04 Å². The summed E-state index contributed by atoms with van der Waals surface area (Å²) in [6.45, 7) is 6.60. The highest BCUT2D eigenvalue weighted by Crippen LogP contribution is 2.34. The summed E-state index contributed by atoms with van der Waals surface area (Å²) < 4.78 is 5.49. The molecule has 0 amide bonds. The molecule has 104 valence electrons. The third-order valence-electron chi connectivity index (χ3n) is 4.31. The number of ether oxygens (including phenoxy) is 1. The SMILES string of the molecule is COc1ccc(C)cc1CN1CCNC(C2CC2)C1. The summed E-state index contributed by atoms with van der Waals surface area (Å²) in [5.41, 5.74) is 2.63. The summed E-state index contributed by atoms with van der Waals surface area (Å²) >= 11 is 0. The van der Waals surface area contributed by atoms with Crippen LogP contribution >= 0.6 is 0 Å². The van der Waals surface area contributed by atoms with E-state index in [1.165, 1.54) is 30.5 Å². The van der Waals surface area contributed by atoms with Gasteiger partial charge in [0.15, 0.2) is 0 Å². The van der Waals surface area contributed by atoms with Crippen molar-refractivity contribution in [3.8, 4) is 5.75 Å². The summed E-state index contributed by atoms with van der Waals surface area (Å²) in [5.74, 6) is 1.95. The second kappa shape index (κ2) is 5.51. The van der Waals surface area contributed by atoms with Gasteiger partial charge in [-0.25, -0.2) is 0 Å². The minimum absolute atomic E-state index is 0.713. The molecule has 1 saturated carbocycles. The summed E-state index contributed by atoms with van der Waals surface area (Å²) in [5, 5.41) is 3.66. The van der Waals surface area contributed by atoms with Gasteiger partial charge in [0.05, 0.1) is 7.11 Å². The van der Waals surface area contributed by atoms with Crippen molar-refractivity contribution < 1.29 is 4.74 Å². The van der Waals surface area contributed by atoms with Crippen molar-refractivity contribution in [1.82, 2.24) is 10.2 Å². The Labute approximate surface area is 115 Å². The van der Waals surface area contributed by atoms with Gasteiger partial charge in [-0.1, -0.05) is 17.7 Å². The van der Waals surface area contributed by atoms with Gasteiger partial charge in [-0.2, -0.15) is 0 Å². The van der Waals surface area contributed by atoms with Crippen LogP contribution in [0.25, 0.3) is 0 Å². The Morgan fingerprint density at radius 1 is 1.37 bits per heavy atom. The number of hydrogen-bond acceptors (Lipinski definition) is 3. The van der Waals surface area contributed by atoms with Crippen molar-refractivity contribution >= 4 is 0 Å². The molecule has 19 heavy (non-hydrogen) atoms. The third kappa shape index (κ3) is 3.10. The van der Waals surface area contributed by atoms with Crippen molar-refractivity contribution in [2.24, 2.45) is 5.92 Å². The average Bonchev–Trinajstić information content (AvgIpc) is 3.24. The largest absolute Gasteiger partial charge is 0.496 e. The van der Waals surface area contributed by atoms with Gasteiger partial charge in [-0.15, -0.1) is 0 Å². The minimum Gasteiger partial charge on any atom is -0.496 e. The number of aryl methyl sites for hydroxylation is 1. The Morgan fingerprint density at radius 3 is 2.95 bits per heavy atom. The van der Waals surface area contributed by atoms with Crippen LogP contribution in [0.2, 0.25) is 0 Å². The zero-order chi connectivity index (χ0) is 13.2. The minimum atomic E-state index is 0.713. The topological polar surface area (TPSA) is 24.5 Å². The number of rotatable bonds is 4. The molecule has 1 saturated heterocycles. The lowest BCUT2D eigenvalue weighted by molar-refractivity contribution is 0.180. The Bertz CT molecular complexity index is 442. The highest BCUT2D eigenvalue weighted by atomic mass is 16.5. The van der Waals surface area contributed by atoms with E-state index in [4.69, 9.17) is 4.74 Å². The van der Waals surface area contributed by atoms with Crippen molar-refractivity contribution in [2.75, 3.05) is 26.7 Å². The number of hydrogen-bond donors (Lipinski definition) is 1. The van der Waals surface area contributed by atoms with Crippen LogP contribution in [-0.4, -0.2) is 37.7 Å². The van der Waals surface area contributed by atoms with E-state index in [1.807, 2.05) is 0 Å². The number of piperazine rings is 1. The van der Waals surface area contributed by atoms with Gasteiger partial charge in [0, 0.05) is 37.8 Å². The molecule has 1 aliphatic heterocycles. The van der Waals surface area contributed by atoms with Gasteiger partial charge >= 0.3 is 0 Å². The first kappa shape index (κ1) is 12.9. The zero-order valence-corrected chi connectivity index (χ0v) is 12.0. The normalized spacial score (nSPS) is 24.4. The monoisotopic (exact) mass is 260 g/mol. The third-order valence-corrected chi connectivity index (χ3v) is 4.31. The molecule has 3 nitrogen and oxygen atoms in total. The van der Waals surface area contributed by atoms with E-state index in [9.17, 15) is 0 Å². The fraction of sp³-hybridized carbons (Fsp3) is 0.625. The van der Waals surface area contributed by atoms with Gasteiger partial charge < -0.3 is 10.1 Å². The molecule has 1 N–H and O–H groups in total. The second-order valence-corrected chi connectivity index (χ2v) is 5.95. The molecule has 0 spiro atoms. The van der Waals surface area contributed by atoms with Crippen molar-refractivity contribution in [2.45, 2.75) is 32.4 Å². The van der Waals surface area contributed by atoms with Crippen LogP contribution in [-0.2, 0) is 6.54 Å². The zero-order valence-electron chi connectivity index (χ0n) is 12.0. The smallest absolute Gasteiger partial charge is 0.123 e. The van der Waals surface area contributed by atoms with E-state index in [-0.39, 0.29) is 0 Å². The summed E-state index contributed by atoms with van der Waals surface area (Å²) in [6.07, 6.45) is 2.83. The van der Waals surface area contributed by atoms with Gasteiger partial charge in [0.2, 0.25) is 0 Å². The Kier molecular flexibility index (Phi) is 3.76. The van der Waals surface area contributed by atoms with Crippen LogP contribution in [0.3, 0.4) is 0 Å². The van der Waals surface area contributed by atoms with Crippen molar-refractivity contribution in [1.29, 1.82) is 0 Å². The molecule has 1 aromatic rings. The molecular weight excluding hydrogens is 236 g/mol. The molecule has 3 heteroatoms.